The summed E-state index contributed by atoms with van der Waals surface area (Å²) in [5, 5.41) is 8.54. The van der Waals surface area contributed by atoms with E-state index in [-0.39, 0.29) is 0 Å². The number of para-hydroxylation sites is 3. The van der Waals surface area contributed by atoms with E-state index in [1.54, 1.807) is 0 Å². The maximum atomic E-state index is 5.29. The number of aromatic nitrogens is 4. The summed E-state index contributed by atoms with van der Waals surface area (Å²) in [6, 6.07) is 70.1. The van der Waals surface area contributed by atoms with Crippen molar-refractivity contribution in [1.82, 2.24) is 19.1 Å². The Bertz CT molecular complexity index is 3670. The van der Waals surface area contributed by atoms with Gasteiger partial charge in [0.15, 0.2) is 0 Å². The summed E-state index contributed by atoms with van der Waals surface area (Å²) in [4.78, 5) is 10.5. The molecule has 0 aliphatic heterocycles. The second kappa shape index (κ2) is 11.8. The molecule has 3 heterocycles. The molecule has 3 aromatic heterocycles. The average molecular weight is 737 g/mol. The molecule has 0 fully saturated rings. The van der Waals surface area contributed by atoms with Crippen molar-refractivity contribution in [2.24, 2.45) is 0 Å². The van der Waals surface area contributed by atoms with Gasteiger partial charge >= 0.3 is 0 Å². The summed E-state index contributed by atoms with van der Waals surface area (Å²) in [5.74, 6) is 0.664. The Kier molecular flexibility index (Phi) is 6.41. The van der Waals surface area contributed by atoms with Crippen LogP contribution in [0.3, 0.4) is 0 Å². The maximum absolute atomic E-state index is 5.29. The summed E-state index contributed by atoms with van der Waals surface area (Å²) in [6.07, 6.45) is 0. The third kappa shape index (κ3) is 4.34. The van der Waals surface area contributed by atoms with Crippen LogP contribution in [-0.4, -0.2) is 19.1 Å². The van der Waals surface area contributed by atoms with Crippen molar-refractivity contribution in [2.75, 3.05) is 0 Å². The second-order valence-corrected chi connectivity index (χ2v) is 15.3. The first-order chi connectivity index (χ1) is 28.8. The van der Waals surface area contributed by atoms with Gasteiger partial charge in [-0.1, -0.05) is 140 Å². The summed E-state index contributed by atoms with van der Waals surface area (Å²) < 4.78 is 4.67. The molecule has 0 saturated heterocycles. The first kappa shape index (κ1) is 31.4. The average Bonchev–Trinajstić information content (AvgIpc) is 3.92. The molecule has 0 amide bonds. The van der Waals surface area contributed by atoms with Gasteiger partial charge in [-0.3, -0.25) is 4.57 Å². The fourth-order valence-electron chi connectivity index (χ4n) is 9.76. The van der Waals surface area contributed by atoms with E-state index < -0.39 is 0 Å². The molecule has 1 aliphatic rings. The van der Waals surface area contributed by atoms with E-state index in [1.165, 1.54) is 76.7 Å². The minimum Gasteiger partial charge on any atom is -0.309 e. The van der Waals surface area contributed by atoms with E-state index >= 15 is 0 Å². The Morgan fingerprint density at radius 3 is 1.72 bits per heavy atom. The van der Waals surface area contributed by atoms with Crippen LogP contribution in [0.15, 0.2) is 194 Å². The monoisotopic (exact) mass is 736 g/mol. The molecule has 58 heavy (non-hydrogen) atoms. The van der Waals surface area contributed by atoms with Crippen LogP contribution in [-0.2, 0) is 0 Å². The van der Waals surface area contributed by atoms with Gasteiger partial charge in [0.1, 0.15) is 0 Å². The predicted molar refractivity (Wildman–Crippen MR) is 241 cm³/mol. The zero-order chi connectivity index (χ0) is 37.9. The molecule has 268 valence electrons. The fourth-order valence-corrected chi connectivity index (χ4v) is 9.76. The zero-order valence-electron chi connectivity index (χ0n) is 31.3. The van der Waals surface area contributed by atoms with Gasteiger partial charge in [0, 0.05) is 38.2 Å². The normalized spacial score (nSPS) is 12.1. The van der Waals surface area contributed by atoms with Crippen LogP contribution in [0.4, 0.5) is 0 Å². The summed E-state index contributed by atoms with van der Waals surface area (Å²) >= 11 is 0. The summed E-state index contributed by atoms with van der Waals surface area (Å²) in [7, 11) is 0. The number of rotatable bonds is 4. The molecule has 4 heteroatoms. The Labute approximate surface area is 333 Å². The maximum Gasteiger partial charge on any atom is 0.235 e. The van der Waals surface area contributed by atoms with Gasteiger partial charge in [-0.15, -0.1) is 0 Å². The molecule has 0 radical (unpaired) electrons. The van der Waals surface area contributed by atoms with Gasteiger partial charge in [-0.05, 0) is 98.8 Å². The van der Waals surface area contributed by atoms with Gasteiger partial charge in [-0.2, -0.15) is 0 Å². The molecule has 13 rings (SSSR count). The van der Waals surface area contributed by atoms with Crippen molar-refractivity contribution >= 4 is 65.3 Å². The number of fused-ring (bicyclic) bond motifs is 11. The lowest BCUT2D eigenvalue weighted by Crippen LogP contribution is -2.03. The highest BCUT2D eigenvalue weighted by Gasteiger charge is 2.26. The molecule has 0 atom stereocenters. The molecule has 12 aromatic rings. The first-order valence-electron chi connectivity index (χ1n) is 19.8. The third-order valence-corrected chi connectivity index (χ3v) is 12.3. The zero-order valence-corrected chi connectivity index (χ0v) is 31.3. The lowest BCUT2D eigenvalue weighted by Gasteiger charge is -2.12. The highest BCUT2D eigenvalue weighted by molar-refractivity contribution is 6.29. The van der Waals surface area contributed by atoms with Crippen molar-refractivity contribution in [3.8, 4) is 56.3 Å². The summed E-state index contributed by atoms with van der Waals surface area (Å²) in [5.41, 5.74) is 16.2. The SMILES string of the molecule is c1ccc(-c2nc(-n3c4ccccc4c4cc(-c5ccc6c(c5)c5c7cccc8c7c(cc5n6-c5ccccc5)-c5ccccc5-8)ccc43)nc3ccccc23)cc1. The lowest BCUT2D eigenvalue weighted by atomic mass is 9.96. The highest BCUT2D eigenvalue weighted by Crippen LogP contribution is 2.51. The van der Waals surface area contributed by atoms with Crippen LogP contribution in [0.1, 0.15) is 0 Å². The van der Waals surface area contributed by atoms with Crippen LogP contribution >= 0.6 is 0 Å². The first-order valence-corrected chi connectivity index (χ1v) is 19.8. The molecule has 0 bridgehead atoms. The number of nitrogens with zero attached hydrogens (tertiary/aromatic N) is 4. The van der Waals surface area contributed by atoms with Crippen molar-refractivity contribution in [3.05, 3.63) is 194 Å². The standard InChI is InChI=1S/C54H32N4/c1-3-14-33(15-4-1)53-41-21-9-11-24-46(41)55-54(56-53)58-47-25-12-10-20-39(47)43-30-34(26-28-48(43)58)35-27-29-49-45(31-35)52-42-23-13-22-40-37-18-7-8-19-38(37)44(51(40)42)32-50(52)57(49)36-16-5-2-6-17-36/h1-32H. The quantitative estimate of drug-likeness (QED) is 0.180. The van der Waals surface area contributed by atoms with Crippen LogP contribution in [0.2, 0.25) is 0 Å². The largest absolute Gasteiger partial charge is 0.309 e. The van der Waals surface area contributed by atoms with Crippen molar-refractivity contribution in [3.63, 3.8) is 0 Å². The van der Waals surface area contributed by atoms with Crippen LogP contribution in [0, 0.1) is 0 Å². The minimum atomic E-state index is 0.664. The predicted octanol–water partition coefficient (Wildman–Crippen LogP) is 14.0. The highest BCUT2D eigenvalue weighted by atomic mass is 15.2. The lowest BCUT2D eigenvalue weighted by molar-refractivity contribution is 1.01. The molecule has 0 unspecified atom stereocenters. The molecule has 1 aliphatic carbocycles. The molecule has 0 spiro atoms. The Balaban J connectivity index is 1.05. The number of benzene rings is 9. The molecular weight excluding hydrogens is 705 g/mol. The van der Waals surface area contributed by atoms with E-state index in [0.717, 1.165) is 38.9 Å². The Morgan fingerprint density at radius 2 is 0.914 bits per heavy atom. The van der Waals surface area contributed by atoms with E-state index in [0.29, 0.717) is 5.95 Å². The van der Waals surface area contributed by atoms with Crippen molar-refractivity contribution < 1.29 is 0 Å². The van der Waals surface area contributed by atoms with Gasteiger partial charge in [0.2, 0.25) is 5.95 Å². The Morgan fingerprint density at radius 1 is 0.310 bits per heavy atom. The van der Waals surface area contributed by atoms with E-state index in [1.807, 2.05) is 12.1 Å². The second-order valence-electron chi connectivity index (χ2n) is 15.3. The fraction of sp³-hybridized carbons (Fsp3) is 0. The number of hydrogen-bond donors (Lipinski definition) is 0. The van der Waals surface area contributed by atoms with E-state index in [9.17, 15) is 0 Å². The molecule has 4 nitrogen and oxygen atoms in total. The third-order valence-electron chi connectivity index (χ3n) is 12.3. The van der Waals surface area contributed by atoms with Gasteiger partial charge in [0.25, 0.3) is 0 Å². The van der Waals surface area contributed by atoms with E-state index in [2.05, 4.69) is 191 Å². The van der Waals surface area contributed by atoms with Crippen LogP contribution < -0.4 is 0 Å². The Hall–Kier alpha value is -7.82. The van der Waals surface area contributed by atoms with E-state index in [4.69, 9.17) is 9.97 Å². The van der Waals surface area contributed by atoms with Crippen LogP contribution in [0.5, 0.6) is 0 Å². The van der Waals surface area contributed by atoms with Gasteiger partial charge in [-0.25, -0.2) is 9.97 Å². The molecule has 0 N–H and O–H groups in total. The molecule has 0 saturated carbocycles. The van der Waals surface area contributed by atoms with Gasteiger partial charge in [0.05, 0.1) is 33.3 Å². The van der Waals surface area contributed by atoms with Gasteiger partial charge < -0.3 is 4.57 Å². The smallest absolute Gasteiger partial charge is 0.235 e. The van der Waals surface area contributed by atoms with Crippen LogP contribution in [0.25, 0.3) is 122 Å². The van der Waals surface area contributed by atoms with Crippen molar-refractivity contribution in [2.45, 2.75) is 0 Å². The molecule has 9 aromatic carbocycles. The molecular formula is C54H32N4. The van der Waals surface area contributed by atoms with Crippen molar-refractivity contribution in [1.29, 1.82) is 0 Å². The number of hydrogen-bond acceptors (Lipinski definition) is 2. The summed E-state index contributed by atoms with van der Waals surface area (Å²) in [6.45, 7) is 0. The minimum absolute atomic E-state index is 0.664. The topological polar surface area (TPSA) is 35.6 Å².